The fraction of sp³-hybridized carbons (Fsp3) is 0.304. The number of nitrogens with one attached hydrogen (secondary N) is 1. The molecule has 0 aliphatic rings. The van der Waals surface area contributed by atoms with Gasteiger partial charge in [0.1, 0.15) is 0 Å². The number of nitrogens with two attached hydrogens (primary N) is 1. The average Bonchev–Trinajstić information content (AvgIpc) is 3.34. The Bertz CT molecular complexity index is 948. The second-order valence-corrected chi connectivity index (χ2v) is 9.39. The molecule has 3 aromatic heterocycles. The van der Waals surface area contributed by atoms with Crippen molar-refractivity contribution in [2.75, 3.05) is 0 Å². The van der Waals surface area contributed by atoms with Gasteiger partial charge >= 0.3 is 0 Å². The lowest BCUT2D eigenvalue weighted by Gasteiger charge is -2.03. The van der Waals surface area contributed by atoms with Gasteiger partial charge < -0.3 is 5.73 Å². The van der Waals surface area contributed by atoms with Crippen LogP contribution < -0.4 is 5.73 Å². The molecule has 0 aliphatic carbocycles. The number of thiophene rings is 2. The van der Waals surface area contributed by atoms with Crippen LogP contribution in [0, 0.1) is 12.3 Å². The van der Waals surface area contributed by atoms with E-state index < -0.39 is 0 Å². The van der Waals surface area contributed by atoms with Gasteiger partial charge in [0.2, 0.25) is 0 Å². The molecule has 0 bridgehead atoms. The minimum Gasteiger partial charge on any atom is -0.398 e. The first kappa shape index (κ1) is 20.5. The van der Waals surface area contributed by atoms with Gasteiger partial charge in [-0.3, -0.25) is 10.4 Å². The van der Waals surface area contributed by atoms with Crippen molar-refractivity contribution >= 4 is 34.1 Å². The highest BCUT2D eigenvalue weighted by molar-refractivity contribution is 7.15. The highest BCUT2D eigenvalue weighted by Gasteiger charge is 2.07. The van der Waals surface area contributed by atoms with Gasteiger partial charge in [-0.1, -0.05) is 26.2 Å². The first-order valence-corrected chi connectivity index (χ1v) is 11.4. The van der Waals surface area contributed by atoms with E-state index in [2.05, 4.69) is 24.0 Å². The number of unbranched alkanes of at least 4 members (excludes halogenated alkanes) is 3. The fourth-order valence-electron chi connectivity index (χ4n) is 2.98. The van der Waals surface area contributed by atoms with Crippen LogP contribution in [0.1, 0.15) is 52.9 Å². The number of nitrogens with zero attached hydrogens (tertiary/aromatic N) is 1. The molecule has 0 unspecified atom stereocenters. The standard InChI is InChI=1S/C23H27N3S2/c1-3-4-5-6-7-18-10-13-22(28-18)17-9-11-21(26-15-17)19(24)14-20(25)23-12-8-16(2)27-23/h8-15,24H,3-7,25H2,1-2H3. The first-order valence-electron chi connectivity index (χ1n) is 9.75. The van der Waals surface area contributed by atoms with Gasteiger partial charge in [0.25, 0.3) is 0 Å². The summed E-state index contributed by atoms with van der Waals surface area (Å²) >= 11 is 3.48. The predicted octanol–water partition coefficient (Wildman–Crippen LogP) is 6.67. The lowest BCUT2D eigenvalue weighted by atomic mass is 10.1. The van der Waals surface area contributed by atoms with Crippen LogP contribution in [0.2, 0.25) is 0 Å². The Kier molecular flexibility index (Phi) is 7.18. The third-order valence-corrected chi connectivity index (χ3v) is 6.83. The van der Waals surface area contributed by atoms with Crippen LogP contribution in [-0.2, 0) is 6.42 Å². The Morgan fingerprint density at radius 2 is 1.93 bits per heavy atom. The maximum absolute atomic E-state index is 8.29. The Hall–Kier alpha value is -2.24. The van der Waals surface area contributed by atoms with E-state index in [4.69, 9.17) is 11.1 Å². The molecule has 0 aliphatic heterocycles. The third-order valence-electron chi connectivity index (χ3n) is 4.59. The molecule has 3 aromatic rings. The lowest BCUT2D eigenvalue weighted by Crippen LogP contribution is -2.03. The largest absolute Gasteiger partial charge is 0.398 e. The summed E-state index contributed by atoms with van der Waals surface area (Å²) in [7, 11) is 0. The van der Waals surface area contributed by atoms with Crippen molar-refractivity contribution in [1.29, 1.82) is 5.41 Å². The van der Waals surface area contributed by atoms with Crippen molar-refractivity contribution < 1.29 is 0 Å². The number of pyridine rings is 1. The number of hydrogen-bond acceptors (Lipinski definition) is 5. The molecule has 0 aromatic carbocycles. The maximum atomic E-state index is 8.29. The molecule has 0 saturated carbocycles. The van der Waals surface area contributed by atoms with E-state index >= 15 is 0 Å². The predicted molar refractivity (Wildman–Crippen MR) is 123 cm³/mol. The molecule has 3 N–H and O–H groups in total. The van der Waals surface area contributed by atoms with E-state index in [-0.39, 0.29) is 0 Å². The zero-order chi connectivity index (χ0) is 19.9. The molecule has 0 saturated heterocycles. The van der Waals surface area contributed by atoms with Crippen LogP contribution in [0.15, 0.2) is 48.7 Å². The molecule has 0 radical (unpaired) electrons. The molecular formula is C23H27N3S2. The zero-order valence-corrected chi connectivity index (χ0v) is 18.1. The van der Waals surface area contributed by atoms with Crippen LogP contribution in [-0.4, -0.2) is 10.7 Å². The molecule has 0 spiro atoms. The lowest BCUT2D eigenvalue weighted by molar-refractivity contribution is 0.670. The zero-order valence-electron chi connectivity index (χ0n) is 16.5. The van der Waals surface area contributed by atoms with E-state index in [1.165, 1.54) is 40.3 Å². The van der Waals surface area contributed by atoms with Gasteiger partial charge in [0.05, 0.1) is 22.0 Å². The topological polar surface area (TPSA) is 62.8 Å². The third kappa shape index (κ3) is 5.40. The summed E-state index contributed by atoms with van der Waals surface area (Å²) < 4.78 is 0. The van der Waals surface area contributed by atoms with Crippen molar-refractivity contribution in [3.05, 3.63) is 69.0 Å². The second-order valence-electron chi connectivity index (χ2n) is 6.93. The summed E-state index contributed by atoms with van der Waals surface area (Å²) in [5, 5.41) is 8.29. The number of rotatable bonds is 9. The SMILES string of the molecule is CCCCCCc1ccc(-c2ccc(C(=N)C=C(N)c3ccc(C)s3)nc2)s1. The highest BCUT2D eigenvalue weighted by Crippen LogP contribution is 2.29. The van der Waals surface area contributed by atoms with Crippen molar-refractivity contribution in [3.8, 4) is 10.4 Å². The minimum absolute atomic E-state index is 0.331. The van der Waals surface area contributed by atoms with Gasteiger partial charge in [0, 0.05) is 26.4 Å². The molecule has 0 amide bonds. The van der Waals surface area contributed by atoms with Crippen molar-refractivity contribution in [1.82, 2.24) is 4.98 Å². The van der Waals surface area contributed by atoms with E-state index in [1.807, 2.05) is 48.7 Å². The van der Waals surface area contributed by atoms with Crippen molar-refractivity contribution in [2.45, 2.75) is 46.0 Å². The molecule has 3 nitrogen and oxygen atoms in total. The summed E-state index contributed by atoms with van der Waals surface area (Å²) in [6, 6.07) is 12.4. The van der Waals surface area contributed by atoms with Crippen LogP contribution in [0.5, 0.6) is 0 Å². The molecule has 0 atom stereocenters. The number of hydrogen-bond donors (Lipinski definition) is 2. The minimum atomic E-state index is 0.331. The van der Waals surface area contributed by atoms with E-state index in [9.17, 15) is 0 Å². The van der Waals surface area contributed by atoms with E-state index in [0.29, 0.717) is 17.1 Å². The Morgan fingerprint density at radius 3 is 2.61 bits per heavy atom. The fourth-order valence-corrected chi connectivity index (χ4v) is 4.82. The Morgan fingerprint density at radius 1 is 1.07 bits per heavy atom. The molecule has 28 heavy (non-hydrogen) atoms. The molecule has 0 fully saturated rings. The highest BCUT2D eigenvalue weighted by atomic mass is 32.1. The van der Waals surface area contributed by atoms with Gasteiger partial charge in [0.15, 0.2) is 0 Å². The van der Waals surface area contributed by atoms with Crippen LogP contribution in [0.3, 0.4) is 0 Å². The van der Waals surface area contributed by atoms with Gasteiger partial charge in [-0.25, -0.2) is 0 Å². The second kappa shape index (κ2) is 9.80. The van der Waals surface area contributed by atoms with Crippen LogP contribution in [0.25, 0.3) is 16.1 Å². The van der Waals surface area contributed by atoms with E-state index in [1.54, 1.807) is 17.4 Å². The number of aromatic nitrogens is 1. The summed E-state index contributed by atoms with van der Waals surface area (Å²) in [5.41, 5.74) is 8.82. The molecule has 3 heterocycles. The van der Waals surface area contributed by atoms with Crippen molar-refractivity contribution in [3.63, 3.8) is 0 Å². The Labute approximate surface area is 175 Å². The van der Waals surface area contributed by atoms with E-state index in [0.717, 1.165) is 16.9 Å². The van der Waals surface area contributed by atoms with Crippen molar-refractivity contribution in [2.24, 2.45) is 5.73 Å². The number of allylic oxidation sites excluding steroid dienone is 1. The summed E-state index contributed by atoms with van der Waals surface area (Å²) in [5.74, 6) is 0. The average molecular weight is 410 g/mol. The van der Waals surface area contributed by atoms with Gasteiger partial charge in [-0.2, -0.15) is 0 Å². The first-order chi connectivity index (χ1) is 13.6. The summed E-state index contributed by atoms with van der Waals surface area (Å²) in [6.45, 7) is 4.29. The summed E-state index contributed by atoms with van der Waals surface area (Å²) in [6.07, 6.45) is 9.87. The molecule has 146 valence electrons. The van der Waals surface area contributed by atoms with Gasteiger partial charge in [-0.05, 0) is 62.2 Å². The monoisotopic (exact) mass is 409 g/mol. The Balaban J connectivity index is 1.65. The molecule has 5 heteroatoms. The van der Waals surface area contributed by atoms with Crippen LogP contribution >= 0.6 is 22.7 Å². The van der Waals surface area contributed by atoms with Crippen LogP contribution in [0.4, 0.5) is 0 Å². The molecule has 3 rings (SSSR count). The molecular weight excluding hydrogens is 382 g/mol. The summed E-state index contributed by atoms with van der Waals surface area (Å²) in [4.78, 5) is 9.36. The van der Waals surface area contributed by atoms with Gasteiger partial charge in [-0.15, -0.1) is 22.7 Å². The smallest absolute Gasteiger partial charge is 0.0880 e. The maximum Gasteiger partial charge on any atom is 0.0880 e. The normalized spacial score (nSPS) is 11.7. The number of aryl methyl sites for hydroxylation is 2. The quantitative estimate of drug-likeness (QED) is 0.306.